The molecule has 0 bridgehead atoms. The topological polar surface area (TPSA) is 70.7 Å². The van der Waals surface area contributed by atoms with Gasteiger partial charge in [-0.3, -0.25) is 9.89 Å². The summed E-state index contributed by atoms with van der Waals surface area (Å²) in [6.07, 6.45) is 0. The molecule has 0 fully saturated rings. The fraction of sp³-hybridized carbons (Fsp3) is 0.250. The Morgan fingerprint density at radius 1 is 1.11 bits per heavy atom. The van der Waals surface area contributed by atoms with Crippen LogP contribution in [0.15, 0.2) is 53.7 Å². The zero-order valence-electron chi connectivity index (χ0n) is 15.4. The van der Waals surface area contributed by atoms with Crippen LogP contribution in [0.25, 0.3) is 11.4 Å². The normalized spacial score (nSPS) is 11.4. The number of carbonyl (C=O) groups excluding carboxylic acids is 1. The lowest BCUT2D eigenvalue weighted by molar-refractivity contribution is -0.113. The number of aromatic nitrogens is 3. The number of halogens is 1. The molecule has 5 nitrogen and oxygen atoms in total. The molecule has 0 aliphatic heterocycles. The number of aromatic amines is 1. The van der Waals surface area contributed by atoms with Crippen LogP contribution >= 0.6 is 34.4 Å². The maximum atomic E-state index is 12.1. The summed E-state index contributed by atoms with van der Waals surface area (Å²) in [6.45, 7) is 6.56. The van der Waals surface area contributed by atoms with E-state index in [0.717, 1.165) is 14.8 Å². The average molecular weight is 492 g/mol. The molecule has 0 aliphatic rings. The first-order chi connectivity index (χ1) is 12.8. The lowest BCUT2D eigenvalue weighted by atomic mass is 9.87. The van der Waals surface area contributed by atoms with E-state index in [1.54, 1.807) is 0 Å². The van der Waals surface area contributed by atoms with E-state index in [1.165, 1.54) is 17.3 Å². The number of anilines is 1. The van der Waals surface area contributed by atoms with E-state index in [0.29, 0.717) is 11.0 Å². The SMILES string of the molecule is CC(C)(C)c1ccc(-c2nc(SCC(=O)Nc3ccc(I)cc3)n[nH]2)cc1. The zero-order valence-corrected chi connectivity index (χ0v) is 18.4. The molecular weight excluding hydrogens is 471 g/mol. The van der Waals surface area contributed by atoms with Gasteiger partial charge < -0.3 is 5.32 Å². The first kappa shape index (κ1) is 19.9. The Bertz CT molecular complexity index is 914. The van der Waals surface area contributed by atoms with Crippen molar-refractivity contribution in [2.24, 2.45) is 0 Å². The van der Waals surface area contributed by atoms with Gasteiger partial charge in [0.1, 0.15) is 0 Å². The Kier molecular flexibility index (Phi) is 6.21. The molecule has 140 valence electrons. The third kappa shape index (κ3) is 5.55. The smallest absolute Gasteiger partial charge is 0.234 e. The first-order valence-electron chi connectivity index (χ1n) is 8.53. The molecule has 2 aromatic carbocycles. The number of carbonyl (C=O) groups is 1. The number of hydrogen-bond donors (Lipinski definition) is 2. The lowest BCUT2D eigenvalue weighted by Crippen LogP contribution is -2.14. The fourth-order valence-electron chi connectivity index (χ4n) is 2.43. The quantitative estimate of drug-likeness (QED) is 0.384. The van der Waals surface area contributed by atoms with E-state index < -0.39 is 0 Å². The first-order valence-corrected chi connectivity index (χ1v) is 10.6. The minimum atomic E-state index is -0.0814. The predicted octanol–water partition coefficient (Wildman–Crippen LogP) is 5.10. The number of benzene rings is 2. The van der Waals surface area contributed by atoms with Crippen LogP contribution in [0.4, 0.5) is 5.69 Å². The van der Waals surface area contributed by atoms with E-state index >= 15 is 0 Å². The summed E-state index contributed by atoms with van der Waals surface area (Å²) in [7, 11) is 0. The molecule has 7 heteroatoms. The van der Waals surface area contributed by atoms with Crippen LogP contribution < -0.4 is 5.32 Å². The molecule has 3 aromatic rings. The minimum absolute atomic E-state index is 0.0814. The summed E-state index contributed by atoms with van der Waals surface area (Å²) in [5.41, 5.74) is 3.15. The second-order valence-electron chi connectivity index (χ2n) is 7.14. The van der Waals surface area contributed by atoms with Crippen molar-refractivity contribution >= 4 is 45.9 Å². The van der Waals surface area contributed by atoms with Gasteiger partial charge in [-0.25, -0.2) is 4.98 Å². The monoisotopic (exact) mass is 492 g/mol. The van der Waals surface area contributed by atoms with Crippen LogP contribution in [0.5, 0.6) is 0 Å². The highest BCUT2D eigenvalue weighted by Gasteiger charge is 2.14. The van der Waals surface area contributed by atoms with Gasteiger partial charge in [-0.2, -0.15) is 0 Å². The summed E-state index contributed by atoms with van der Waals surface area (Å²) in [4.78, 5) is 16.6. The molecule has 0 saturated carbocycles. The van der Waals surface area contributed by atoms with Crippen LogP contribution in [0.1, 0.15) is 26.3 Å². The molecule has 27 heavy (non-hydrogen) atoms. The van der Waals surface area contributed by atoms with Gasteiger partial charge >= 0.3 is 0 Å². The molecule has 2 N–H and O–H groups in total. The summed E-state index contributed by atoms with van der Waals surface area (Å²) in [6, 6.07) is 16.0. The van der Waals surface area contributed by atoms with Crippen LogP contribution in [-0.4, -0.2) is 26.8 Å². The fourth-order valence-corrected chi connectivity index (χ4v) is 3.39. The van der Waals surface area contributed by atoms with Gasteiger partial charge in [-0.15, -0.1) is 5.10 Å². The van der Waals surface area contributed by atoms with Crippen molar-refractivity contribution in [1.29, 1.82) is 0 Å². The molecule has 1 amide bonds. The van der Waals surface area contributed by atoms with Crippen molar-refractivity contribution in [3.05, 3.63) is 57.7 Å². The molecule has 0 radical (unpaired) electrons. The number of H-pyrrole nitrogens is 1. The summed E-state index contributed by atoms with van der Waals surface area (Å²) in [5, 5.41) is 10.6. The third-order valence-corrected chi connectivity index (χ3v) is 5.52. The van der Waals surface area contributed by atoms with Gasteiger partial charge in [0.2, 0.25) is 11.1 Å². The summed E-state index contributed by atoms with van der Waals surface area (Å²) in [5.74, 6) is 0.879. The molecule has 0 atom stereocenters. The van der Waals surface area contributed by atoms with Crippen molar-refractivity contribution in [2.45, 2.75) is 31.3 Å². The van der Waals surface area contributed by atoms with Gasteiger partial charge in [0.25, 0.3) is 0 Å². The third-order valence-electron chi connectivity index (χ3n) is 3.95. The lowest BCUT2D eigenvalue weighted by Gasteiger charge is -2.18. The van der Waals surface area contributed by atoms with Crippen LogP contribution in [0.3, 0.4) is 0 Å². The van der Waals surface area contributed by atoms with Crippen molar-refractivity contribution in [2.75, 3.05) is 11.1 Å². The van der Waals surface area contributed by atoms with E-state index in [2.05, 4.69) is 76.0 Å². The highest BCUT2D eigenvalue weighted by atomic mass is 127. The Balaban J connectivity index is 1.57. The second-order valence-corrected chi connectivity index (χ2v) is 9.33. The number of hydrogen-bond acceptors (Lipinski definition) is 4. The second kappa shape index (κ2) is 8.43. The maximum absolute atomic E-state index is 12.1. The van der Waals surface area contributed by atoms with Gasteiger partial charge in [0.05, 0.1) is 5.75 Å². The number of amides is 1. The molecular formula is C20H21IN4OS. The van der Waals surface area contributed by atoms with Crippen molar-refractivity contribution in [3.8, 4) is 11.4 Å². The van der Waals surface area contributed by atoms with E-state index in [1.807, 2.05) is 36.4 Å². The molecule has 1 heterocycles. The number of nitrogens with zero attached hydrogens (tertiary/aromatic N) is 2. The Labute approximate surface area is 176 Å². The van der Waals surface area contributed by atoms with E-state index in [9.17, 15) is 4.79 Å². The standard InChI is InChI=1S/C20H21IN4OS/c1-20(2,3)14-6-4-13(5-7-14)18-23-19(25-24-18)27-12-17(26)22-16-10-8-15(21)9-11-16/h4-11H,12H2,1-3H3,(H,22,26)(H,23,24,25). The Morgan fingerprint density at radius 2 is 1.78 bits per heavy atom. The Hall–Kier alpha value is -1.87. The number of nitrogens with one attached hydrogen (secondary N) is 2. The highest BCUT2D eigenvalue weighted by molar-refractivity contribution is 14.1. The molecule has 3 rings (SSSR count). The van der Waals surface area contributed by atoms with Gasteiger partial charge in [0.15, 0.2) is 5.82 Å². The van der Waals surface area contributed by atoms with Crippen LogP contribution in [0.2, 0.25) is 0 Å². The molecule has 0 spiro atoms. The minimum Gasteiger partial charge on any atom is -0.325 e. The van der Waals surface area contributed by atoms with E-state index in [4.69, 9.17) is 0 Å². The van der Waals surface area contributed by atoms with Crippen LogP contribution in [0, 0.1) is 3.57 Å². The average Bonchev–Trinajstić information content (AvgIpc) is 3.10. The summed E-state index contributed by atoms with van der Waals surface area (Å²) >= 11 is 3.54. The van der Waals surface area contributed by atoms with E-state index in [-0.39, 0.29) is 17.1 Å². The zero-order chi connectivity index (χ0) is 19.4. The summed E-state index contributed by atoms with van der Waals surface area (Å²) < 4.78 is 1.13. The van der Waals surface area contributed by atoms with Crippen molar-refractivity contribution < 1.29 is 4.79 Å². The number of rotatable bonds is 5. The van der Waals surface area contributed by atoms with Crippen molar-refractivity contribution in [3.63, 3.8) is 0 Å². The molecule has 0 saturated heterocycles. The molecule has 1 aromatic heterocycles. The van der Waals surface area contributed by atoms with Crippen molar-refractivity contribution in [1.82, 2.24) is 15.2 Å². The largest absolute Gasteiger partial charge is 0.325 e. The predicted molar refractivity (Wildman–Crippen MR) is 119 cm³/mol. The molecule has 0 unspecified atom stereocenters. The van der Waals surface area contributed by atoms with Gasteiger partial charge in [0, 0.05) is 14.8 Å². The van der Waals surface area contributed by atoms with Crippen LogP contribution in [-0.2, 0) is 10.2 Å². The Morgan fingerprint density at radius 3 is 2.41 bits per heavy atom. The maximum Gasteiger partial charge on any atom is 0.234 e. The van der Waals surface area contributed by atoms with Gasteiger partial charge in [-0.05, 0) is 57.8 Å². The van der Waals surface area contributed by atoms with Gasteiger partial charge in [-0.1, -0.05) is 56.8 Å². The molecule has 0 aliphatic carbocycles. The number of thioether (sulfide) groups is 1. The highest BCUT2D eigenvalue weighted by Crippen LogP contribution is 2.25.